The number of anilines is 1. The van der Waals surface area contributed by atoms with Gasteiger partial charge in [-0.05, 0) is 41.9 Å². The van der Waals surface area contributed by atoms with Crippen molar-refractivity contribution in [1.29, 1.82) is 0 Å². The summed E-state index contributed by atoms with van der Waals surface area (Å²) in [5.41, 5.74) is 2.95. The molecule has 2 rings (SSSR count). The molecule has 0 heterocycles. The molecule has 0 aliphatic heterocycles. The van der Waals surface area contributed by atoms with Crippen LogP contribution in [0.25, 0.3) is 0 Å². The zero-order chi connectivity index (χ0) is 13.9. The van der Waals surface area contributed by atoms with E-state index in [1.807, 2.05) is 0 Å². The molecule has 1 aromatic rings. The lowest BCUT2D eigenvalue weighted by atomic mass is 9.82. The Kier molecular flexibility index (Phi) is 4.54. The van der Waals surface area contributed by atoms with Crippen molar-refractivity contribution in [3.8, 4) is 0 Å². The molecule has 1 aliphatic rings. The van der Waals surface area contributed by atoms with Gasteiger partial charge in [-0.15, -0.1) is 0 Å². The maximum Gasteiger partial charge on any atom is 0.0342 e. The molecule has 0 bridgehead atoms. The van der Waals surface area contributed by atoms with Crippen molar-refractivity contribution in [3.63, 3.8) is 0 Å². The number of hydrogen-bond donors (Lipinski definition) is 1. The molecule has 0 radical (unpaired) electrons. The first kappa shape index (κ1) is 14.4. The Hall–Kier alpha value is -0.980. The molecule has 0 spiro atoms. The fraction of sp³-hybridized carbons (Fsp3) is 0.667. The van der Waals surface area contributed by atoms with Gasteiger partial charge in [0, 0.05) is 11.7 Å². The highest BCUT2D eigenvalue weighted by Gasteiger charge is 2.23. The molecule has 1 nitrogen and oxygen atoms in total. The molecule has 1 heteroatoms. The van der Waals surface area contributed by atoms with Crippen LogP contribution in [0, 0.1) is 5.92 Å². The van der Waals surface area contributed by atoms with Gasteiger partial charge in [0.15, 0.2) is 0 Å². The lowest BCUT2D eigenvalue weighted by Crippen LogP contribution is -2.31. The smallest absolute Gasteiger partial charge is 0.0342 e. The number of hydrogen-bond acceptors (Lipinski definition) is 1. The average Bonchev–Trinajstić information content (AvgIpc) is 2.39. The summed E-state index contributed by atoms with van der Waals surface area (Å²) >= 11 is 0. The molecule has 2 unspecified atom stereocenters. The van der Waals surface area contributed by atoms with Crippen molar-refractivity contribution in [2.24, 2.45) is 5.92 Å². The first-order valence-electron chi connectivity index (χ1n) is 7.88. The Morgan fingerprint density at radius 1 is 1.05 bits per heavy atom. The van der Waals surface area contributed by atoms with Crippen LogP contribution in [0.15, 0.2) is 24.3 Å². The minimum Gasteiger partial charge on any atom is -0.382 e. The van der Waals surface area contributed by atoms with Crippen LogP contribution in [0.3, 0.4) is 0 Å². The van der Waals surface area contributed by atoms with Crippen molar-refractivity contribution >= 4 is 5.69 Å². The van der Waals surface area contributed by atoms with Gasteiger partial charge in [-0.25, -0.2) is 0 Å². The molecule has 0 aromatic heterocycles. The average molecular weight is 259 g/mol. The first-order chi connectivity index (χ1) is 9.00. The van der Waals surface area contributed by atoms with E-state index in [4.69, 9.17) is 0 Å². The largest absolute Gasteiger partial charge is 0.382 e. The van der Waals surface area contributed by atoms with Crippen LogP contribution in [0.2, 0.25) is 0 Å². The molecular formula is C18H29N. The Labute approximate surface area is 118 Å². The second kappa shape index (κ2) is 5.98. The van der Waals surface area contributed by atoms with Crippen LogP contribution >= 0.6 is 0 Å². The van der Waals surface area contributed by atoms with E-state index >= 15 is 0 Å². The zero-order valence-corrected chi connectivity index (χ0v) is 13.0. The normalized spacial score (nSPS) is 24.2. The molecule has 1 fully saturated rings. The molecule has 106 valence electrons. The summed E-state index contributed by atoms with van der Waals surface area (Å²) in [6.07, 6.45) is 6.83. The minimum atomic E-state index is 0.245. The first-order valence-corrected chi connectivity index (χ1v) is 7.88. The van der Waals surface area contributed by atoms with Gasteiger partial charge in [0.25, 0.3) is 0 Å². The summed E-state index contributed by atoms with van der Waals surface area (Å²) in [5, 5.41) is 3.76. The van der Waals surface area contributed by atoms with Crippen LogP contribution in [0.1, 0.15) is 65.4 Å². The Balaban J connectivity index is 2.02. The summed E-state index contributed by atoms with van der Waals surface area (Å²) < 4.78 is 0. The third-order valence-electron chi connectivity index (χ3n) is 4.54. The lowest BCUT2D eigenvalue weighted by Gasteiger charge is -2.32. The predicted molar refractivity (Wildman–Crippen MR) is 84.8 cm³/mol. The second-order valence-corrected chi connectivity index (χ2v) is 7.03. The maximum absolute atomic E-state index is 3.76. The lowest BCUT2D eigenvalue weighted by molar-refractivity contribution is 0.317. The fourth-order valence-electron chi connectivity index (χ4n) is 3.17. The summed E-state index contributed by atoms with van der Waals surface area (Å²) in [6, 6.07) is 9.72. The summed E-state index contributed by atoms with van der Waals surface area (Å²) in [4.78, 5) is 0. The quantitative estimate of drug-likeness (QED) is 0.770. The highest BCUT2D eigenvalue weighted by molar-refractivity contribution is 5.46. The topological polar surface area (TPSA) is 12.0 Å². The van der Waals surface area contributed by atoms with Crippen molar-refractivity contribution in [2.45, 2.75) is 71.3 Å². The fourth-order valence-corrected chi connectivity index (χ4v) is 3.17. The zero-order valence-electron chi connectivity index (χ0n) is 13.0. The van der Waals surface area contributed by atoms with Crippen molar-refractivity contribution in [3.05, 3.63) is 29.8 Å². The van der Waals surface area contributed by atoms with Crippen molar-refractivity contribution in [1.82, 2.24) is 0 Å². The van der Waals surface area contributed by atoms with Gasteiger partial charge in [0.1, 0.15) is 0 Å². The van der Waals surface area contributed by atoms with Gasteiger partial charge in [-0.3, -0.25) is 0 Å². The molecule has 1 aromatic carbocycles. The van der Waals surface area contributed by atoms with E-state index in [9.17, 15) is 0 Å². The van der Waals surface area contributed by atoms with Gasteiger partial charge in [0.05, 0.1) is 0 Å². The second-order valence-electron chi connectivity index (χ2n) is 7.03. The van der Waals surface area contributed by atoms with Crippen molar-refractivity contribution < 1.29 is 0 Å². The molecule has 1 N–H and O–H groups in total. The third kappa shape index (κ3) is 3.75. The van der Waals surface area contributed by atoms with Gasteiger partial charge in [-0.1, -0.05) is 59.1 Å². The Bertz CT molecular complexity index is 385. The van der Waals surface area contributed by atoms with Gasteiger partial charge < -0.3 is 5.32 Å². The van der Waals surface area contributed by atoms with E-state index in [2.05, 4.69) is 57.3 Å². The molecule has 1 aliphatic carbocycles. The van der Waals surface area contributed by atoms with E-state index in [0.29, 0.717) is 6.04 Å². The van der Waals surface area contributed by atoms with E-state index in [0.717, 1.165) is 5.92 Å². The van der Waals surface area contributed by atoms with Gasteiger partial charge in [-0.2, -0.15) is 0 Å². The highest BCUT2D eigenvalue weighted by atomic mass is 14.9. The van der Waals surface area contributed by atoms with Crippen LogP contribution in [0.5, 0.6) is 0 Å². The van der Waals surface area contributed by atoms with Crippen LogP contribution in [-0.4, -0.2) is 6.04 Å². The van der Waals surface area contributed by atoms with Crippen LogP contribution in [0.4, 0.5) is 5.69 Å². The number of nitrogens with one attached hydrogen (secondary N) is 1. The predicted octanol–water partition coefficient (Wildman–Crippen LogP) is 5.36. The van der Waals surface area contributed by atoms with Gasteiger partial charge >= 0.3 is 0 Å². The van der Waals surface area contributed by atoms with Crippen molar-refractivity contribution in [2.75, 3.05) is 5.32 Å². The minimum absolute atomic E-state index is 0.245. The third-order valence-corrected chi connectivity index (χ3v) is 4.54. The Morgan fingerprint density at radius 2 is 1.68 bits per heavy atom. The Morgan fingerprint density at radius 3 is 2.26 bits per heavy atom. The molecular weight excluding hydrogens is 230 g/mol. The molecule has 1 saturated carbocycles. The van der Waals surface area contributed by atoms with E-state index < -0.39 is 0 Å². The molecule has 2 atom stereocenters. The standard InChI is InChI=1S/C18H29N/c1-5-14-8-6-7-9-17(14)19-16-12-10-15(11-13-16)18(2,3)4/h10-14,17,19H,5-9H2,1-4H3. The van der Waals surface area contributed by atoms with E-state index in [-0.39, 0.29) is 5.41 Å². The summed E-state index contributed by atoms with van der Waals surface area (Å²) in [6.45, 7) is 9.13. The monoisotopic (exact) mass is 259 g/mol. The molecule has 0 amide bonds. The van der Waals surface area contributed by atoms with Gasteiger partial charge in [0.2, 0.25) is 0 Å². The van der Waals surface area contributed by atoms with Crippen LogP contribution in [-0.2, 0) is 5.41 Å². The molecule has 0 saturated heterocycles. The summed E-state index contributed by atoms with van der Waals surface area (Å²) in [7, 11) is 0. The maximum atomic E-state index is 3.76. The number of benzene rings is 1. The SMILES string of the molecule is CCC1CCCCC1Nc1ccc(C(C)(C)C)cc1. The van der Waals surface area contributed by atoms with E-state index in [1.165, 1.54) is 43.4 Å². The van der Waals surface area contributed by atoms with E-state index in [1.54, 1.807) is 0 Å². The molecule has 19 heavy (non-hydrogen) atoms. The number of rotatable bonds is 3. The summed E-state index contributed by atoms with van der Waals surface area (Å²) in [5.74, 6) is 0.857. The highest BCUT2D eigenvalue weighted by Crippen LogP contribution is 2.30. The van der Waals surface area contributed by atoms with Crippen LogP contribution < -0.4 is 5.32 Å².